The van der Waals surface area contributed by atoms with Gasteiger partial charge >= 0.3 is 5.97 Å². The minimum absolute atomic E-state index is 0.0272. The van der Waals surface area contributed by atoms with Gasteiger partial charge in [0.2, 0.25) is 11.8 Å². The molecule has 2 atom stereocenters. The molecule has 2 saturated heterocycles. The van der Waals surface area contributed by atoms with Crippen LogP contribution < -0.4 is 0 Å². The number of hydrogen-bond acceptors (Lipinski definition) is 6. The zero-order valence-electron chi connectivity index (χ0n) is 12.8. The molecule has 126 valence electrons. The number of ether oxygens (including phenoxy) is 1. The molecular weight excluding hydrogens is 317 g/mol. The van der Waals surface area contributed by atoms with Crippen molar-refractivity contribution < 1.29 is 23.4 Å². The van der Waals surface area contributed by atoms with Crippen LogP contribution in [0.15, 0.2) is 28.7 Å². The third-order valence-electron chi connectivity index (χ3n) is 4.77. The number of fused-ring (bicyclic) bond motifs is 1. The van der Waals surface area contributed by atoms with Crippen LogP contribution in [0.3, 0.4) is 0 Å². The zero-order valence-corrected chi connectivity index (χ0v) is 12.8. The van der Waals surface area contributed by atoms with Gasteiger partial charge in [0, 0.05) is 24.6 Å². The molecular formula is C16H16FN3O4. The second-order valence-corrected chi connectivity index (χ2v) is 6.35. The van der Waals surface area contributed by atoms with Crippen molar-refractivity contribution in [1.82, 2.24) is 15.1 Å². The minimum atomic E-state index is -0.842. The van der Waals surface area contributed by atoms with Crippen molar-refractivity contribution in [2.24, 2.45) is 11.3 Å². The molecule has 0 amide bonds. The summed E-state index contributed by atoms with van der Waals surface area (Å²) in [4.78, 5) is 13.6. The van der Waals surface area contributed by atoms with E-state index >= 15 is 0 Å². The molecule has 2 aliphatic rings. The highest BCUT2D eigenvalue weighted by Crippen LogP contribution is 2.41. The SMILES string of the molecule is O=C(O)[C@]12COCC1CN(Cc1nnc(-c3cccc(F)c3)o1)C2. The Morgan fingerprint density at radius 2 is 2.33 bits per heavy atom. The summed E-state index contributed by atoms with van der Waals surface area (Å²) >= 11 is 0. The number of aromatic nitrogens is 2. The second-order valence-electron chi connectivity index (χ2n) is 6.35. The number of benzene rings is 1. The van der Waals surface area contributed by atoms with Gasteiger partial charge in [0.25, 0.3) is 0 Å². The van der Waals surface area contributed by atoms with E-state index < -0.39 is 11.4 Å². The predicted octanol–water partition coefficient (Wildman–Crippen LogP) is 1.41. The molecule has 7 nitrogen and oxygen atoms in total. The quantitative estimate of drug-likeness (QED) is 0.905. The molecule has 8 heteroatoms. The van der Waals surface area contributed by atoms with Crippen LogP contribution in [-0.4, -0.2) is 52.5 Å². The fraction of sp³-hybridized carbons (Fsp3) is 0.438. The number of hydrogen-bond donors (Lipinski definition) is 1. The third kappa shape index (κ3) is 2.47. The number of rotatable bonds is 4. The Labute approximate surface area is 137 Å². The number of carbonyl (C=O) groups is 1. The monoisotopic (exact) mass is 333 g/mol. The van der Waals surface area contributed by atoms with E-state index in [-0.39, 0.29) is 24.2 Å². The Hall–Kier alpha value is -2.32. The number of carboxylic acids is 1. The lowest BCUT2D eigenvalue weighted by Crippen LogP contribution is -2.38. The van der Waals surface area contributed by atoms with Gasteiger partial charge in [-0.15, -0.1) is 10.2 Å². The fourth-order valence-corrected chi connectivity index (χ4v) is 3.51. The van der Waals surface area contributed by atoms with E-state index in [9.17, 15) is 14.3 Å². The number of carboxylic acid groups (broad SMARTS) is 1. The maximum Gasteiger partial charge on any atom is 0.313 e. The van der Waals surface area contributed by atoms with E-state index in [1.165, 1.54) is 12.1 Å². The molecule has 0 radical (unpaired) electrons. The molecule has 1 unspecified atom stereocenters. The molecule has 2 aliphatic heterocycles. The second kappa shape index (κ2) is 5.64. The summed E-state index contributed by atoms with van der Waals surface area (Å²) in [5.41, 5.74) is -0.326. The maximum absolute atomic E-state index is 13.3. The minimum Gasteiger partial charge on any atom is -0.481 e. The Morgan fingerprint density at radius 3 is 3.08 bits per heavy atom. The van der Waals surface area contributed by atoms with E-state index in [0.29, 0.717) is 37.7 Å². The lowest BCUT2D eigenvalue weighted by molar-refractivity contribution is -0.149. The van der Waals surface area contributed by atoms with Crippen molar-refractivity contribution >= 4 is 5.97 Å². The molecule has 0 saturated carbocycles. The van der Waals surface area contributed by atoms with Crippen molar-refractivity contribution in [2.45, 2.75) is 6.54 Å². The summed E-state index contributed by atoms with van der Waals surface area (Å²) in [5, 5.41) is 17.5. The molecule has 1 N–H and O–H groups in total. The smallest absolute Gasteiger partial charge is 0.313 e. The van der Waals surface area contributed by atoms with E-state index in [1.807, 2.05) is 4.90 Å². The topological polar surface area (TPSA) is 88.7 Å². The van der Waals surface area contributed by atoms with Crippen molar-refractivity contribution in [3.63, 3.8) is 0 Å². The third-order valence-corrected chi connectivity index (χ3v) is 4.77. The van der Waals surface area contributed by atoms with Crippen LogP contribution in [0.25, 0.3) is 11.5 Å². The fourth-order valence-electron chi connectivity index (χ4n) is 3.51. The van der Waals surface area contributed by atoms with Gasteiger partial charge in [0.15, 0.2) is 0 Å². The first-order chi connectivity index (χ1) is 11.6. The summed E-state index contributed by atoms with van der Waals surface area (Å²) in [5.74, 6) is -0.585. The molecule has 24 heavy (non-hydrogen) atoms. The summed E-state index contributed by atoms with van der Waals surface area (Å²) in [6.07, 6.45) is 0. The molecule has 0 spiro atoms. The van der Waals surface area contributed by atoms with Crippen LogP contribution in [0.1, 0.15) is 5.89 Å². The molecule has 1 aromatic heterocycles. The molecule has 0 bridgehead atoms. The number of nitrogens with zero attached hydrogens (tertiary/aromatic N) is 3. The first-order valence-corrected chi connectivity index (χ1v) is 7.69. The maximum atomic E-state index is 13.3. The summed E-state index contributed by atoms with van der Waals surface area (Å²) in [6, 6.07) is 5.94. The van der Waals surface area contributed by atoms with E-state index in [4.69, 9.17) is 9.15 Å². The molecule has 2 aromatic rings. The lowest BCUT2D eigenvalue weighted by Gasteiger charge is -2.21. The average molecular weight is 333 g/mol. The molecule has 1 aromatic carbocycles. The van der Waals surface area contributed by atoms with Gasteiger partial charge in [0.1, 0.15) is 11.2 Å². The zero-order chi connectivity index (χ0) is 16.7. The molecule has 2 fully saturated rings. The van der Waals surface area contributed by atoms with E-state index in [0.717, 1.165) is 0 Å². The van der Waals surface area contributed by atoms with Gasteiger partial charge in [-0.1, -0.05) is 6.07 Å². The number of likely N-dealkylation sites (tertiary alicyclic amines) is 1. The van der Waals surface area contributed by atoms with Crippen LogP contribution in [0, 0.1) is 17.2 Å². The lowest BCUT2D eigenvalue weighted by atomic mass is 9.81. The van der Waals surface area contributed by atoms with Crippen LogP contribution in [0.2, 0.25) is 0 Å². The van der Waals surface area contributed by atoms with E-state index in [1.54, 1.807) is 12.1 Å². The molecule has 0 aliphatic carbocycles. The first-order valence-electron chi connectivity index (χ1n) is 7.69. The number of halogens is 1. The highest BCUT2D eigenvalue weighted by atomic mass is 19.1. The van der Waals surface area contributed by atoms with Crippen molar-refractivity contribution in [3.8, 4) is 11.5 Å². The van der Waals surface area contributed by atoms with Crippen LogP contribution in [0.5, 0.6) is 0 Å². The summed E-state index contributed by atoms with van der Waals surface area (Å²) in [6.45, 7) is 2.07. The Bertz CT molecular complexity index is 780. The van der Waals surface area contributed by atoms with Gasteiger partial charge in [-0.2, -0.15) is 0 Å². The summed E-state index contributed by atoms with van der Waals surface area (Å²) in [7, 11) is 0. The summed E-state index contributed by atoms with van der Waals surface area (Å²) < 4.78 is 24.2. The van der Waals surface area contributed by atoms with Gasteiger partial charge < -0.3 is 14.3 Å². The number of aliphatic carboxylic acids is 1. The Balaban J connectivity index is 1.48. The van der Waals surface area contributed by atoms with Crippen LogP contribution in [-0.2, 0) is 16.1 Å². The van der Waals surface area contributed by atoms with Gasteiger partial charge in [-0.3, -0.25) is 9.69 Å². The predicted molar refractivity (Wildman–Crippen MR) is 79.3 cm³/mol. The standard InChI is InChI=1S/C16H16FN3O4/c17-12-3-1-2-10(4-12)14-19-18-13(24-14)6-20-5-11-7-23-9-16(11,8-20)15(21)22/h1-4,11H,5-9H2,(H,21,22)/t11?,16-/m1/s1. The van der Waals surface area contributed by atoms with Crippen LogP contribution in [0.4, 0.5) is 4.39 Å². The normalized spacial score (nSPS) is 26.6. The van der Waals surface area contributed by atoms with Crippen LogP contribution >= 0.6 is 0 Å². The van der Waals surface area contributed by atoms with Gasteiger partial charge in [0.05, 0.1) is 19.8 Å². The molecule has 3 heterocycles. The van der Waals surface area contributed by atoms with E-state index in [2.05, 4.69) is 10.2 Å². The van der Waals surface area contributed by atoms with Crippen molar-refractivity contribution in [3.05, 3.63) is 36.0 Å². The van der Waals surface area contributed by atoms with Gasteiger partial charge in [-0.05, 0) is 18.2 Å². The molecule has 4 rings (SSSR count). The first kappa shape index (κ1) is 15.2. The van der Waals surface area contributed by atoms with Gasteiger partial charge in [-0.25, -0.2) is 4.39 Å². The average Bonchev–Trinajstić information content (AvgIpc) is 3.21. The highest BCUT2D eigenvalue weighted by molar-refractivity contribution is 5.76. The van der Waals surface area contributed by atoms with Crippen molar-refractivity contribution in [1.29, 1.82) is 0 Å². The Morgan fingerprint density at radius 1 is 1.46 bits per heavy atom. The highest BCUT2D eigenvalue weighted by Gasteiger charge is 2.56. The van der Waals surface area contributed by atoms with Crippen molar-refractivity contribution in [2.75, 3.05) is 26.3 Å². The Kier molecular flexibility index (Phi) is 3.58. The largest absolute Gasteiger partial charge is 0.481 e.